The van der Waals surface area contributed by atoms with Crippen LogP contribution in [-0.4, -0.2) is 110 Å². The number of hydrogen-bond donors (Lipinski definition) is 4. The molecule has 4 unspecified atom stereocenters. The largest absolute Gasteiger partial charge is 2.00 e. The third-order valence-electron chi connectivity index (χ3n) is 19.8. The molecule has 12 aromatic rings. The first-order valence-corrected chi connectivity index (χ1v) is 44.4. The maximum atomic E-state index is 13.8. The van der Waals surface area contributed by atoms with Gasteiger partial charge in [-0.05, 0) is 119 Å². The molecule has 0 spiro atoms. The van der Waals surface area contributed by atoms with Gasteiger partial charge in [0.15, 0.2) is 6.04 Å². The predicted molar refractivity (Wildman–Crippen MR) is 527 cm³/mol. The number of halogens is 2. The van der Waals surface area contributed by atoms with Gasteiger partial charge >= 0.3 is 50.9 Å². The fourth-order valence-electron chi connectivity index (χ4n) is 14.2. The van der Waals surface area contributed by atoms with Crippen LogP contribution in [0.5, 0.6) is 0 Å². The Bertz CT molecular complexity index is 4980. The molecule has 0 radical (unpaired) electrons. The van der Waals surface area contributed by atoms with E-state index in [1.165, 1.54) is 11.1 Å². The van der Waals surface area contributed by atoms with Gasteiger partial charge in [0, 0.05) is 52.0 Å². The Kier molecular flexibility index (Phi) is 56.9. The number of hydrogen-bond acceptors (Lipinski definition) is 10. The van der Waals surface area contributed by atoms with Crippen molar-refractivity contribution in [1.29, 1.82) is 0 Å². The van der Waals surface area contributed by atoms with Gasteiger partial charge in [-0.2, -0.15) is 0 Å². The van der Waals surface area contributed by atoms with Crippen molar-refractivity contribution in [2.24, 2.45) is 15.7 Å². The van der Waals surface area contributed by atoms with Crippen LogP contribution in [0.15, 0.2) is 350 Å². The Morgan fingerprint density at radius 3 is 0.977 bits per heavy atom. The van der Waals surface area contributed by atoms with Crippen molar-refractivity contribution in [2.45, 2.75) is 178 Å². The van der Waals surface area contributed by atoms with Gasteiger partial charge in [-0.25, -0.2) is 4.79 Å². The number of aliphatic carboxylic acids is 3. The Labute approximate surface area is 792 Å². The zero-order valence-electron chi connectivity index (χ0n) is 75.3. The van der Waals surface area contributed by atoms with Crippen LogP contribution < -0.4 is 5.73 Å². The Hall–Kier alpha value is -11.2. The van der Waals surface area contributed by atoms with Crippen molar-refractivity contribution in [1.82, 2.24) is 9.80 Å². The fraction of sp³-hybridized carbons (Fsp3) is 0.275. The van der Waals surface area contributed by atoms with Gasteiger partial charge in [-0.1, -0.05) is 436 Å². The minimum absolute atomic E-state index is 0. The molecule has 0 bridgehead atoms. The number of nitrogens with two attached hydrogens (primary N) is 1. The molecule has 2 fully saturated rings. The first-order chi connectivity index (χ1) is 61.1. The predicted octanol–water partition coefficient (Wildman–Crippen LogP) is 27.0. The summed E-state index contributed by atoms with van der Waals surface area (Å²) in [7, 11) is 0. The molecule has 0 aliphatic carbocycles. The number of amides is 2. The van der Waals surface area contributed by atoms with Crippen molar-refractivity contribution in [2.75, 3.05) is 19.6 Å². The van der Waals surface area contributed by atoms with E-state index in [9.17, 15) is 34.2 Å². The third-order valence-corrected chi connectivity index (χ3v) is 20.3. The van der Waals surface area contributed by atoms with Gasteiger partial charge in [-0.3, -0.25) is 29.4 Å². The summed E-state index contributed by atoms with van der Waals surface area (Å²) >= 11 is 12.9. The zero-order valence-corrected chi connectivity index (χ0v) is 78.8. The summed E-state index contributed by atoms with van der Waals surface area (Å²) in [6.45, 7) is 28.8. The minimum Gasteiger partial charge on any atom is -0.625 e. The fourth-order valence-corrected chi connectivity index (χ4v) is 14.6. The molecule has 2 amide bonds. The second-order valence-corrected chi connectivity index (χ2v) is 28.4. The molecular formula is C109H129Cl2N7Ni2O8+2. The molecule has 2 heterocycles. The summed E-state index contributed by atoms with van der Waals surface area (Å²) < 4.78 is 0. The van der Waals surface area contributed by atoms with E-state index in [1.807, 2.05) is 301 Å². The quantitative estimate of drug-likeness (QED) is 0.0310. The molecular weight excluding hydrogens is 1720 g/mol. The van der Waals surface area contributed by atoms with Gasteiger partial charge in [-0.15, -0.1) is 11.4 Å². The van der Waals surface area contributed by atoms with E-state index >= 15 is 0 Å². The maximum absolute atomic E-state index is 13.8. The van der Waals surface area contributed by atoms with Crippen LogP contribution in [0.4, 0.5) is 11.4 Å². The number of benzene rings is 12. The monoisotopic (exact) mass is 1850 g/mol. The maximum Gasteiger partial charge on any atom is 2.00 e. The average molecular weight is 1850 g/mol. The van der Waals surface area contributed by atoms with Gasteiger partial charge in [0.1, 0.15) is 12.6 Å². The number of carboxylic acids is 3. The van der Waals surface area contributed by atoms with Gasteiger partial charge in [0.05, 0.1) is 35.3 Å². The summed E-state index contributed by atoms with van der Waals surface area (Å²) in [5.41, 5.74) is 18.5. The standard InChI is InChI=1S/C40H36ClN3O3.C27H26ClN3O3.C15H15NO2.C14H14.6C2H6.CH4.2Ni/c41-32-23-24-34(42-39(45)35-22-13-25-44(35)27-28-14-5-1-6-15-28)33(26-32)37(31-20-11-4-12-21-31)43-38(40(46)47)36(29-16-7-2-8-17-29)30-18-9-3-10-19-30;28-21-13-14-23(22(16-21)26(29-17-25(32)33)20-10-5-2-6-11-20)30-27(34)24-12-7-15-31(24)18-19-8-3-1-4-9-19;16-14(15(17)18)13(11-7-3-1-4-8-11)12-9-5-2-6-10-12;1-12(13-8-4-2-5-9-13)14-10-6-3-7-11-14;6*1-2;;;/h1-12,14-21,23-24,26,35-36,38H,13,22,25,27H2,(H2,42,43,45,46,47);1-6,8-11,13-14,16,24H,7,12,15,17-18H2,(H2,29,30,32,33,34);1-10,13-14H,16H2,(H,17,18);2-12H,1H3;6*1-2H3;1H4;;/q;;;;;;;;;;;2*+2/p-2. The normalized spacial score (nSPS) is 13.3. The number of aliphatic imine (C=N–C) groups is 2. The number of carboxylic acid groups (broad SMARTS) is 3. The summed E-state index contributed by atoms with van der Waals surface area (Å²) in [5, 5.41) is 39.1. The van der Waals surface area contributed by atoms with Crippen LogP contribution in [0.3, 0.4) is 0 Å². The smallest absolute Gasteiger partial charge is 0.625 e. The third kappa shape index (κ3) is 35.8. The Morgan fingerprint density at radius 1 is 0.391 bits per heavy atom. The summed E-state index contributed by atoms with van der Waals surface area (Å²) in [6, 6.07) is 105. The average Bonchev–Trinajstić information content (AvgIpc) is 0.969. The van der Waals surface area contributed by atoms with Crippen molar-refractivity contribution < 1.29 is 72.3 Å². The topological polar surface area (TPSA) is 231 Å². The molecule has 19 heteroatoms. The van der Waals surface area contributed by atoms with Crippen molar-refractivity contribution in [3.05, 3.63) is 427 Å². The second kappa shape index (κ2) is 64.5. The van der Waals surface area contributed by atoms with Gasteiger partial charge < -0.3 is 41.3 Å². The number of likely N-dealkylation sites (tertiary alicyclic amines) is 2. The van der Waals surface area contributed by atoms with E-state index in [0.717, 1.165) is 71.3 Å². The van der Waals surface area contributed by atoms with Crippen molar-refractivity contribution >= 4 is 75.7 Å². The SMILES string of the molecule is C.CC.CC.CC.CC.CC.CC.CC(c1ccccc1)c1ccccc1.NC(C(=O)O)C(c1ccccc1)c1ccccc1.O=C(O)C(N=C(c1ccccc1)c1cc(Cl)ccc1[N-]C(=O)C1CCCN1Cc1ccccc1)C(c1ccccc1)c1ccccc1.O=C(O)CN=C(c1ccccc1)c1cc(Cl)ccc1[N-]C(=O)C1CCCN1Cc1ccccc1.[Ni+2].[Ni+2]. The molecule has 0 aromatic heterocycles. The molecule has 2 saturated heterocycles. The number of carbonyl (C=O) groups is 5. The van der Waals surface area contributed by atoms with Crippen molar-refractivity contribution in [3.8, 4) is 0 Å². The first-order valence-electron chi connectivity index (χ1n) is 43.7. The van der Waals surface area contributed by atoms with E-state index in [2.05, 4.69) is 117 Å². The summed E-state index contributed by atoms with van der Waals surface area (Å²) in [6.07, 6.45) is 3.30. The van der Waals surface area contributed by atoms with Crippen LogP contribution in [-0.2, 0) is 70.0 Å². The number of nitrogens with zero attached hydrogens (tertiary/aromatic N) is 6. The Balaban J connectivity index is 0.000000597. The molecule has 2 aliphatic heterocycles. The van der Waals surface area contributed by atoms with Crippen LogP contribution in [0.1, 0.15) is 208 Å². The van der Waals surface area contributed by atoms with Crippen LogP contribution in [0.2, 0.25) is 10.0 Å². The summed E-state index contributed by atoms with van der Waals surface area (Å²) in [5.74, 6) is -4.00. The molecule has 14 rings (SSSR count). The van der Waals surface area contributed by atoms with Crippen molar-refractivity contribution in [3.63, 3.8) is 0 Å². The second-order valence-electron chi connectivity index (χ2n) is 27.5. The minimum atomic E-state index is -1.20. The van der Waals surface area contributed by atoms with Gasteiger partial charge in [0.25, 0.3) is 0 Å². The Morgan fingerprint density at radius 2 is 0.672 bits per heavy atom. The van der Waals surface area contributed by atoms with Crippen LogP contribution in [0, 0.1) is 0 Å². The van der Waals surface area contributed by atoms with E-state index in [0.29, 0.717) is 75.0 Å². The van der Waals surface area contributed by atoms with Crippen LogP contribution in [0.25, 0.3) is 10.6 Å². The van der Waals surface area contributed by atoms with E-state index in [1.54, 1.807) is 36.4 Å². The molecule has 5 N–H and O–H groups in total. The molecule has 4 atom stereocenters. The first kappa shape index (κ1) is 113. The van der Waals surface area contributed by atoms with Crippen LogP contribution >= 0.6 is 23.2 Å². The molecule has 0 saturated carbocycles. The number of carbonyl (C=O) groups excluding carboxylic acids is 2. The molecule has 15 nitrogen and oxygen atoms in total. The molecule has 128 heavy (non-hydrogen) atoms. The number of rotatable bonds is 25. The van der Waals surface area contributed by atoms with Gasteiger partial charge in [0.2, 0.25) is 0 Å². The zero-order chi connectivity index (χ0) is 91.3. The van der Waals surface area contributed by atoms with E-state index < -0.39 is 42.5 Å². The van der Waals surface area contributed by atoms with E-state index in [-0.39, 0.29) is 70.2 Å². The summed E-state index contributed by atoms with van der Waals surface area (Å²) in [4.78, 5) is 76.4. The molecule has 2 aliphatic rings. The molecule has 12 aromatic carbocycles. The molecule has 680 valence electrons. The van der Waals surface area contributed by atoms with E-state index in [4.69, 9.17) is 39.0 Å².